The second-order valence-corrected chi connectivity index (χ2v) is 10.8. The number of carboxylic acid groups (broad SMARTS) is 3. The van der Waals surface area contributed by atoms with Crippen molar-refractivity contribution in [2.24, 2.45) is 23.2 Å². The summed E-state index contributed by atoms with van der Waals surface area (Å²) in [5.74, 6) is -7.19. The van der Waals surface area contributed by atoms with Gasteiger partial charge in [-0.25, -0.2) is 9.59 Å². The van der Waals surface area contributed by atoms with Gasteiger partial charge >= 0.3 is 29.8 Å². The quantitative estimate of drug-likeness (QED) is 0.297. The Kier molecular flexibility index (Phi) is 11.0. The number of Topliss-reactive ketones (excluding diaryl/α,β-unsaturated/α-hetero) is 1. The lowest BCUT2D eigenvalue weighted by Gasteiger charge is -2.41. The second-order valence-electron chi connectivity index (χ2n) is 10.8. The normalized spacial score (nSPS) is 29.2. The third-order valence-electron chi connectivity index (χ3n) is 7.86. The topological polar surface area (TPSA) is 182 Å². The number of hydrogen-bond donors (Lipinski definition) is 3. The van der Waals surface area contributed by atoms with Crippen LogP contribution in [0.1, 0.15) is 78.1 Å². The number of aliphatic carboxylic acids is 3. The average Bonchev–Trinajstić information content (AvgIpc) is 3.00. The molecule has 2 aliphatic carbocycles. The number of rotatable bonds is 8. The predicted molar refractivity (Wildman–Crippen MR) is 136 cm³/mol. The number of carbonyl (C=O) groups is 6. The highest BCUT2D eigenvalue weighted by atomic mass is 16.6. The maximum Gasteiger partial charge on any atom is 0.333 e. The largest absolute Gasteiger partial charge is 0.481 e. The molecule has 216 valence electrons. The van der Waals surface area contributed by atoms with E-state index in [1.54, 1.807) is 0 Å². The fourth-order valence-corrected chi connectivity index (χ4v) is 5.67. The Morgan fingerprint density at radius 1 is 0.949 bits per heavy atom. The maximum absolute atomic E-state index is 13.0. The first kappa shape index (κ1) is 31.7. The fraction of sp³-hybridized carbons (Fsp3) is 0.643. The molecular weight excluding hydrogens is 512 g/mol. The second kappa shape index (κ2) is 13.5. The first-order valence-corrected chi connectivity index (χ1v) is 13.2. The number of esters is 2. The minimum absolute atomic E-state index is 0.0581. The molecule has 0 aromatic heterocycles. The molecular formula is C28H38O11. The van der Waals surface area contributed by atoms with Gasteiger partial charge in [-0.05, 0) is 39.5 Å². The molecule has 3 aliphatic rings. The van der Waals surface area contributed by atoms with Gasteiger partial charge in [0.25, 0.3) is 0 Å². The van der Waals surface area contributed by atoms with E-state index in [0.717, 1.165) is 12.8 Å². The van der Waals surface area contributed by atoms with Crippen LogP contribution in [0.4, 0.5) is 0 Å². The van der Waals surface area contributed by atoms with E-state index in [9.17, 15) is 39.0 Å². The van der Waals surface area contributed by atoms with Crippen LogP contribution in [0, 0.1) is 23.2 Å². The van der Waals surface area contributed by atoms with Crippen molar-refractivity contribution >= 4 is 35.6 Å². The molecule has 39 heavy (non-hydrogen) atoms. The summed E-state index contributed by atoms with van der Waals surface area (Å²) in [6, 6.07) is 0. The van der Waals surface area contributed by atoms with E-state index < -0.39 is 65.2 Å². The Balaban J connectivity index is 0.000000798. The molecule has 0 radical (unpaired) electrons. The Morgan fingerprint density at radius 3 is 2.03 bits per heavy atom. The van der Waals surface area contributed by atoms with Crippen molar-refractivity contribution < 1.29 is 53.6 Å². The smallest absolute Gasteiger partial charge is 0.333 e. The molecule has 3 rings (SSSR count). The number of ketones is 1. The van der Waals surface area contributed by atoms with E-state index in [2.05, 4.69) is 13.2 Å². The van der Waals surface area contributed by atoms with Crippen LogP contribution < -0.4 is 0 Å². The van der Waals surface area contributed by atoms with E-state index in [1.807, 2.05) is 0 Å². The van der Waals surface area contributed by atoms with Gasteiger partial charge in [0, 0.05) is 29.9 Å². The van der Waals surface area contributed by atoms with Gasteiger partial charge < -0.3 is 24.8 Å². The average molecular weight is 551 g/mol. The summed E-state index contributed by atoms with van der Waals surface area (Å²) in [5, 5.41) is 27.8. The number of ether oxygens (including phenoxy) is 2. The number of cyclic esters (lactones) is 1. The van der Waals surface area contributed by atoms with Crippen LogP contribution in [-0.4, -0.2) is 63.2 Å². The first-order chi connectivity index (χ1) is 18.2. The van der Waals surface area contributed by atoms with Gasteiger partial charge in [0.1, 0.15) is 18.0 Å². The standard InChI is InChI=1S/C24H32O9.C4H6O2/c1-13(2)21(28)33-19(12-24(23(30)31)10-6-5-9-16(24)20(26)27)18-11-17(25)14-7-3-4-8-15(14)22(29)32-18;1-3(2)4(5)6/h14-16,18-19H,1,3-12H2,2H3,(H,26,27)(H,30,31);1H2,2H3,(H,5,6). The SMILES string of the molecule is C=C(C)C(=O)O.C=C(C)C(=O)OC(CC1(C(=O)O)CCCCC1C(=O)O)C1CC(=O)C2CCCCC2C(=O)O1. The Morgan fingerprint density at radius 2 is 1.51 bits per heavy atom. The van der Waals surface area contributed by atoms with E-state index in [1.165, 1.54) is 13.8 Å². The van der Waals surface area contributed by atoms with Crippen LogP contribution in [0.25, 0.3) is 0 Å². The van der Waals surface area contributed by atoms with Crippen molar-refractivity contribution in [1.82, 2.24) is 0 Å². The molecule has 2 saturated carbocycles. The van der Waals surface area contributed by atoms with Gasteiger partial charge in [-0.1, -0.05) is 38.8 Å². The molecule has 1 heterocycles. The minimum atomic E-state index is -1.71. The van der Waals surface area contributed by atoms with Gasteiger partial charge in [-0.2, -0.15) is 0 Å². The number of carbonyl (C=O) groups excluding carboxylic acids is 3. The summed E-state index contributed by atoms with van der Waals surface area (Å²) in [7, 11) is 0. The molecule has 11 nitrogen and oxygen atoms in total. The Hall–Kier alpha value is -3.50. The highest BCUT2D eigenvalue weighted by Crippen LogP contribution is 2.47. The van der Waals surface area contributed by atoms with Gasteiger partial charge in [0.05, 0.1) is 17.3 Å². The zero-order valence-corrected chi connectivity index (χ0v) is 22.5. The predicted octanol–water partition coefficient (Wildman–Crippen LogP) is 3.55. The molecule has 3 N–H and O–H groups in total. The lowest BCUT2D eigenvalue weighted by atomic mass is 9.63. The van der Waals surface area contributed by atoms with E-state index in [-0.39, 0.29) is 42.6 Å². The lowest BCUT2D eigenvalue weighted by Crippen LogP contribution is -2.50. The van der Waals surface area contributed by atoms with Crippen LogP contribution in [0.2, 0.25) is 0 Å². The Labute approximate surface area is 227 Å². The molecule has 6 unspecified atom stereocenters. The van der Waals surface area contributed by atoms with Crippen LogP contribution in [0.15, 0.2) is 24.3 Å². The fourth-order valence-electron chi connectivity index (χ4n) is 5.67. The summed E-state index contributed by atoms with van der Waals surface area (Å²) in [6.07, 6.45) is 1.09. The van der Waals surface area contributed by atoms with Crippen LogP contribution in [-0.2, 0) is 38.2 Å². The molecule has 0 aromatic carbocycles. The zero-order chi connectivity index (χ0) is 29.5. The van der Waals surface area contributed by atoms with E-state index >= 15 is 0 Å². The van der Waals surface area contributed by atoms with Crippen LogP contribution >= 0.6 is 0 Å². The molecule has 0 spiro atoms. The van der Waals surface area contributed by atoms with Crippen molar-refractivity contribution in [3.63, 3.8) is 0 Å². The lowest BCUT2D eigenvalue weighted by molar-refractivity contribution is -0.180. The molecule has 11 heteroatoms. The van der Waals surface area contributed by atoms with Crippen molar-refractivity contribution in [3.8, 4) is 0 Å². The van der Waals surface area contributed by atoms with Gasteiger partial charge in [0.2, 0.25) is 0 Å². The summed E-state index contributed by atoms with van der Waals surface area (Å²) in [4.78, 5) is 72.3. The van der Waals surface area contributed by atoms with Crippen molar-refractivity contribution in [2.75, 3.05) is 0 Å². The van der Waals surface area contributed by atoms with Crippen molar-refractivity contribution in [1.29, 1.82) is 0 Å². The summed E-state index contributed by atoms with van der Waals surface area (Å²) in [5.41, 5.74) is -1.48. The van der Waals surface area contributed by atoms with Crippen LogP contribution in [0.5, 0.6) is 0 Å². The highest BCUT2D eigenvalue weighted by molar-refractivity contribution is 5.90. The van der Waals surface area contributed by atoms with Gasteiger partial charge in [-0.3, -0.25) is 19.2 Å². The minimum Gasteiger partial charge on any atom is -0.481 e. The number of hydrogen-bond acceptors (Lipinski definition) is 8. The summed E-state index contributed by atoms with van der Waals surface area (Å²) < 4.78 is 11.2. The number of fused-ring (bicyclic) bond motifs is 1. The molecule has 0 amide bonds. The molecule has 3 fully saturated rings. The van der Waals surface area contributed by atoms with E-state index in [4.69, 9.17) is 14.6 Å². The molecule has 1 aliphatic heterocycles. The Bertz CT molecular complexity index is 991. The zero-order valence-electron chi connectivity index (χ0n) is 22.5. The molecule has 0 bridgehead atoms. The third-order valence-corrected chi connectivity index (χ3v) is 7.86. The van der Waals surface area contributed by atoms with Crippen molar-refractivity contribution in [3.05, 3.63) is 24.3 Å². The summed E-state index contributed by atoms with van der Waals surface area (Å²) in [6.45, 7) is 9.57. The monoisotopic (exact) mass is 550 g/mol. The van der Waals surface area contributed by atoms with E-state index in [0.29, 0.717) is 25.7 Å². The van der Waals surface area contributed by atoms with Crippen LogP contribution in [0.3, 0.4) is 0 Å². The maximum atomic E-state index is 13.0. The third kappa shape index (κ3) is 7.77. The summed E-state index contributed by atoms with van der Waals surface area (Å²) >= 11 is 0. The highest BCUT2D eigenvalue weighted by Gasteiger charge is 2.54. The molecule has 0 aromatic rings. The van der Waals surface area contributed by atoms with Crippen molar-refractivity contribution in [2.45, 2.75) is 90.3 Å². The molecule has 1 saturated heterocycles. The van der Waals surface area contributed by atoms with Gasteiger partial charge in [0.15, 0.2) is 0 Å². The number of carboxylic acids is 3. The first-order valence-electron chi connectivity index (χ1n) is 13.2. The van der Waals surface area contributed by atoms with Gasteiger partial charge in [-0.15, -0.1) is 0 Å². The molecule has 6 atom stereocenters.